The molecule has 3 heterocycles. The predicted octanol–water partition coefficient (Wildman–Crippen LogP) is 4.05. The van der Waals surface area contributed by atoms with Crippen molar-refractivity contribution in [2.45, 2.75) is 6.92 Å². The van der Waals surface area contributed by atoms with Crippen molar-refractivity contribution in [3.8, 4) is 5.69 Å². The van der Waals surface area contributed by atoms with Gasteiger partial charge in [-0.2, -0.15) is 21.3 Å². The molecule has 0 bridgehead atoms. The van der Waals surface area contributed by atoms with E-state index in [0.29, 0.717) is 11.8 Å². The van der Waals surface area contributed by atoms with Crippen LogP contribution in [0.15, 0.2) is 53.5 Å². The zero-order valence-corrected chi connectivity index (χ0v) is 13.9. The van der Waals surface area contributed by atoms with Crippen LogP contribution < -0.4 is 10.6 Å². The SMILES string of the molecule is CCNc1nc(Nc2ccccc2)c2ncn(-c3ccsc3)c2n1. The van der Waals surface area contributed by atoms with Crippen LogP contribution in [-0.2, 0) is 0 Å². The molecule has 0 aliphatic rings. The number of imidazole rings is 1. The van der Waals surface area contributed by atoms with Crippen molar-refractivity contribution in [1.82, 2.24) is 19.5 Å². The lowest BCUT2D eigenvalue weighted by Crippen LogP contribution is -2.06. The zero-order valence-electron chi connectivity index (χ0n) is 13.1. The summed E-state index contributed by atoms with van der Waals surface area (Å²) in [7, 11) is 0. The Labute approximate surface area is 143 Å². The second-order valence-corrected chi connectivity index (χ2v) is 5.97. The van der Waals surface area contributed by atoms with E-state index in [9.17, 15) is 0 Å². The Bertz CT molecular complexity index is 946. The van der Waals surface area contributed by atoms with Crippen LogP contribution >= 0.6 is 11.3 Å². The Morgan fingerprint density at radius 1 is 1.12 bits per heavy atom. The molecule has 0 unspecified atom stereocenters. The second kappa shape index (κ2) is 6.29. The maximum atomic E-state index is 4.63. The van der Waals surface area contributed by atoms with Gasteiger partial charge in [-0.15, -0.1) is 0 Å². The van der Waals surface area contributed by atoms with E-state index < -0.39 is 0 Å². The fourth-order valence-corrected chi connectivity index (χ4v) is 3.09. The van der Waals surface area contributed by atoms with E-state index in [4.69, 9.17) is 0 Å². The van der Waals surface area contributed by atoms with Crippen LogP contribution in [0.1, 0.15) is 6.92 Å². The van der Waals surface area contributed by atoms with Crippen molar-refractivity contribution < 1.29 is 0 Å². The number of rotatable bonds is 5. The highest BCUT2D eigenvalue weighted by atomic mass is 32.1. The molecule has 1 aromatic carbocycles. The van der Waals surface area contributed by atoms with Gasteiger partial charge in [0.1, 0.15) is 6.33 Å². The second-order valence-electron chi connectivity index (χ2n) is 5.19. The van der Waals surface area contributed by atoms with Gasteiger partial charge in [0, 0.05) is 17.6 Å². The number of hydrogen-bond donors (Lipinski definition) is 2. The van der Waals surface area contributed by atoms with Crippen molar-refractivity contribution in [1.29, 1.82) is 0 Å². The standard InChI is InChI=1S/C17H16N6S/c1-2-18-17-21-15(20-12-6-4-3-5-7-12)14-16(22-17)23(11-19-14)13-8-9-24-10-13/h3-11H,2H2,1H3,(H2,18,20,21,22). The molecule has 6 nitrogen and oxygen atoms in total. The summed E-state index contributed by atoms with van der Waals surface area (Å²) in [6.45, 7) is 2.77. The van der Waals surface area contributed by atoms with Crippen molar-refractivity contribution >= 4 is 40.0 Å². The van der Waals surface area contributed by atoms with E-state index in [-0.39, 0.29) is 0 Å². The number of nitrogens with one attached hydrogen (secondary N) is 2. The van der Waals surface area contributed by atoms with E-state index in [1.807, 2.05) is 53.3 Å². The van der Waals surface area contributed by atoms with Gasteiger partial charge < -0.3 is 10.6 Å². The third-order valence-corrected chi connectivity index (χ3v) is 4.22. The Morgan fingerprint density at radius 2 is 2.00 bits per heavy atom. The highest BCUT2D eigenvalue weighted by Gasteiger charge is 2.14. The lowest BCUT2D eigenvalue weighted by molar-refractivity contribution is 1.05. The van der Waals surface area contributed by atoms with Gasteiger partial charge in [-0.25, -0.2) is 4.98 Å². The van der Waals surface area contributed by atoms with Gasteiger partial charge in [0.2, 0.25) is 5.95 Å². The maximum absolute atomic E-state index is 4.63. The number of thiophene rings is 1. The lowest BCUT2D eigenvalue weighted by Gasteiger charge is -2.09. The van der Waals surface area contributed by atoms with Crippen LogP contribution in [0, 0.1) is 0 Å². The van der Waals surface area contributed by atoms with Gasteiger partial charge in [0.05, 0.1) is 5.69 Å². The molecule has 0 spiro atoms. The van der Waals surface area contributed by atoms with Gasteiger partial charge in [-0.3, -0.25) is 4.57 Å². The van der Waals surface area contributed by atoms with E-state index in [0.717, 1.165) is 29.1 Å². The summed E-state index contributed by atoms with van der Waals surface area (Å²) in [6.07, 6.45) is 1.79. The first-order valence-corrected chi connectivity index (χ1v) is 8.63. The number of fused-ring (bicyclic) bond motifs is 1. The van der Waals surface area contributed by atoms with Gasteiger partial charge in [0.25, 0.3) is 0 Å². The van der Waals surface area contributed by atoms with E-state index in [1.54, 1.807) is 17.7 Å². The van der Waals surface area contributed by atoms with Gasteiger partial charge in [-0.1, -0.05) is 18.2 Å². The van der Waals surface area contributed by atoms with E-state index >= 15 is 0 Å². The topological polar surface area (TPSA) is 67.7 Å². The molecule has 0 atom stereocenters. The smallest absolute Gasteiger partial charge is 0.226 e. The monoisotopic (exact) mass is 336 g/mol. The third-order valence-electron chi connectivity index (χ3n) is 3.55. The molecule has 0 radical (unpaired) electrons. The molecule has 120 valence electrons. The minimum Gasteiger partial charge on any atom is -0.354 e. The number of aromatic nitrogens is 4. The molecule has 0 aliphatic carbocycles. The van der Waals surface area contributed by atoms with Gasteiger partial charge in [-0.05, 0) is 30.5 Å². The quantitative estimate of drug-likeness (QED) is 0.575. The Balaban J connectivity index is 1.86. The maximum Gasteiger partial charge on any atom is 0.226 e. The average molecular weight is 336 g/mol. The summed E-state index contributed by atoms with van der Waals surface area (Å²) in [5.74, 6) is 1.27. The lowest BCUT2D eigenvalue weighted by atomic mass is 10.3. The van der Waals surface area contributed by atoms with Crippen LogP contribution in [0.25, 0.3) is 16.9 Å². The number of anilines is 3. The summed E-state index contributed by atoms with van der Waals surface area (Å²) in [5.41, 5.74) is 3.53. The summed E-state index contributed by atoms with van der Waals surface area (Å²) in [6, 6.07) is 12.0. The van der Waals surface area contributed by atoms with Gasteiger partial charge >= 0.3 is 0 Å². The minimum atomic E-state index is 0.584. The molecule has 0 fully saturated rings. The van der Waals surface area contributed by atoms with Crippen LogP contribution in [0.3, 0.4) is 0 Å². The van der Waals surface area contributed by atoms with Gasteiger partial charge in [0.15, 0.2) is 17.0 Å². The largest absolute Gasteiger partial charge is 0.354 e. The summed E-state index contributed by atoms with van der Waals surface area (Å²) >= 11 is 1.64. The van der Waals surface area contributed by atoms with E-state index in [2.05, 4.69) is 31.0 Å². The molecule has 0 amide bonds. The van der Waals surface area contributed by atoms with Crippen molar-refractivity contribution in [3.05, 3.63) is 53.5 Å². The fraction of sp³-hybridized carbons (Fsp3) is 0.118. The molecule has 0 saturated heterocycles. The Morgan fingerprint density at radius 3 is 2.75 bits per heavy atom. The number of para-hydroxylation sites is 1. The Kier molecular flexibility index (Phi) is 3.84. The number of benzene rings is 1. The molecule has 4 rings (SSSR count). The molecule has 0 aliphatic heterocycles. The molecule has 4 aromatic rings. The molecule has 0 saturated carbocycles. The van der Waals surface area contributed by atoms with Crippen LogP contribution in [-0.4, -0.2) is 26.1 Å². The molecule has 3 aromatic heterocycles. The zero-order chi connectivity index (χ0) is 16.4. The summed E-state index contributed by atoms with van der Waals surface area (Å²) in [5, 5.41) is 10.6. The van der Waals surface area contributed by atoms with E-state index in [1.165, 1.54) is 0 Å². The minimum absolute atomic E-state index is 0.584. The van der Waals surface area contributed by atoms with Crippen LogP contribution in [0.4, 0.5) is 17.5 Å². The Hall–Kier alpha value is -2.93. The van der Waals surface area contributed by atoms with Crippen LogP contribution in [0.5, 0.6) is 0 Å². The number of nitrogens with zero attached hydrogens (tertiary/aromatic N) is 4. The van der Waals surface area contributed by atoms with Crippen molar-refractivity contribution in [2.75, 3.05) is 17.2 Å². The molecular weight excluding hydrogens is 320 g/mol. The molecule has 7 heteroatoms. The molecular formula is C17H16N6S. The first-order chi connectivity index (χ1) is 11.8. The van der Waals surface area contributed by atoms with Crippen molar-refractivity contribution in [2.24, 2.45) is 0 Å². The summed E-state index contributed by atoms with van der Waals surface area (Å²) < 4.78 is 1.98. The highest BCUT2D eigenvalue weighted by Crippen LogP contribution is 2.26. The average Bonchev–Trinajstić information content (AvgIpc) is 3.25. The molecule has 2 N–H and O–H groups in total. The van der Waals surface area contributed by atoms with Crippen LogP contribution in [0.2, 0.25) is 0 Å². The fourth-order valence-electron chi connectivity index (χ4n) is 2.47. The van der Waals surface area contributed by atoms with Crippen molar-refractivity contribution in [3.63, 3.8) is 0 Å². The highest BCUT2D eigenvalue weighted by molar-refractivity contribution is 7.08. The summed E-state index contributed by atoms with van der Waals surface area (Å²) in [4.78, 5) is 13.7. The normalized spacial score (nSPS) is 10.9. The number of hydrogen-bond acceptors (Lipinski definition) is 6. The first-order valence-electron chi connectivity index (χ1n) is 7.69. The third kappa shape index (κ3) is 2.69. The molecule has 24 heavy (non-hydrogen) atoms. The first kappa shape index (κ1) is 14.6. The predicted molar refractivity (Wildman–Crippen MR) is 98.4 cm³/mol.